The number of rotatable bonds is 1. The van der Waals surface area contributed by atoms with Gasteiger partial charge in [0.1, 0.15) is 5.71 Å². The predicted octanol–water partition coefficient (Wildman–Crippen LogP) is 0.647. The summed E-state index contributed by atoms with van der Waals surface area (Å²) in [6.07, 6.45) is 2.45. The topological polar surface area (TPSA) is 106 Å². The number of nitrogens with two attached hydrogens (primary N) is 1. The fraction of sp³-hybridized carbons (Fsp3) is 0.385. The first kappa shape index (κ1) is 12.6. The average Bonchev–Trinajstić information content (AvgIpc) is 2.95. The Morgan fingerprint density at radius 1 is 1.30 bits per heavy atom. The number of aliphatic imine (C=N–C) groups is 1. The Morgan fingerprint density at radius 3 is 2.70 bits per heavy atom. The molecule has 7 heteroatoms. The van der Waals surface area contributed by atoms with E-state index < -0.39 is 0 Å². The molecule has 0 saturated carbocycles. The predicted molar refractivity (Wildman–Crippen MR) is 75.9 cm³/mol. The Bertz CT molecular complexity index is 748. The van der Waals surface area contributed by atoms with Crippen LogP contribution in [0.2, 0.25) is 0 Å². The van der Waals surface area contributed by atoms with Gasteiger partial charge >= 0.3 is 0 Å². The second kappa shape index (κ2) is 4.29. The highest BCUT2D eigenvalue weighted by Gasteiger charge is 2.24. The Morgan fingerprint density at radius 2 is 2.00 bits per heavy atom. The Hall–Kier alpha value is -2.44. The average molecular weight is 273 g/mol. The number of nitrogen functional groups attached to an aromatic ring is 1. The highest BCUT2D eigenvalue weighted by Crippen LogP contribution is 2.23. The molecular weight excluding hydrogens is 258 g/mol. The third kappa shape index (κ3) is 1.74. The molecule has 0 amide bonds. The van der Waals surface area contributed by atoms with Crippen LogP contribution in [0, 0.1) is 5.41 Å². The van der Waals surface area contributed by atoms with Crippen molar-refractivity contribution in [3.8, 4) is 0 Å². The van der Waals surface area contributed by atoms with Crippen LogP contribution >= 0.6 is 0 Å². The summed E-state index contributed by atoms with van der Waals surface area (Å²) in [4.78, 5) is 28.2. The molecule has 0 saturated heterocycles. The zero-order chi connectivity index (χ0) is 14.4. The van der Waals surface area contributed by atoms with Crippen LogP contribution in [0.3, 0.4) is 0 Å². The van der Waals surface area contributed by atoms with E-state index in [1.54, 1.807) is 22.4 Å². The highest BCUT2D eigenvalue weighted by molar-refractivity contribution is 6.50. The van der Waals surface area contributed by atoms with Crippen molar-refractivity contribution >= 4 is 28.7 Å². The zero-order valence-corrected chi connectivity index (χ0v) is 11.1. The van der Waals surface area contributed by atoms with Crippen molar-refractivity contribution in [2.24, 2.45) is 4.99 Å². The van der Waals surface area contributed by atoms with Gasteiger partial charge in [0, 0.05) is 18.8 Å². The lowest BCUT2D eigenvalue weighted by molar-refractivity contribution is -0.111. The summed E-state index contributed by atoms with van der Waals surface area (Å²) in [5, 5.41) is 7.62. The van der Waals surface area contributed by atoms with E-state index in [9.17, 15) is 9.59 Å². The first-order valence-electron chi connectivity index (χ1n) is 6.46. The minimum atomic E-state index is -0.257. The second-order valence-corrected chi connectivity index (χ2v) is 5.04. The van der Waals surface area contributed by atoms with Crippen LogP contribution in [-0.4, -0.2) is 26.6 Å². The molecule has 0 bridgehead atoms. The summed E-state index contributed by atoms with van der Waals surface area (Å²) >= 11 is 0. The first-order valence-corrected chi connectivity index (χ1v) is 6.46. The van der Waals surface area contributed by atoms with E-state index in [0.717, 1.165) is 6.42 Å². The summed E-state index contributed by atoms with van der Waals surface area (Å²) in [7, 11) is 0. The lowest BCUT2D eigenvalue weighted by Gasteiger charge is -2.11. The maximum absolute atomic E-state index is 12.2. The number of hydrogen-bond donors (Lipinski definition) is 2. The number of nitrogens with one attached hydrogen (secondary N) is 1. The van der Waals surface area contributed by atoms with Crippen molar-refractivity contribution in [2.75, 3.05) is 5.73 Å². The van der Waals surface area contributed by atoms with E-state index in [0.29, 0.717) is 24.5 Å². The molecule has 1 aliphatic heterocycles. The number of aromatic nitrogens is 2. The molecule has 0 fully saturated rings. The number of anilines is 1. The monoisotopic (exact) mass is 273 g/mol. The molecule has 2 heterocycles. The minimum Gasteiger partial charge on any atom is -0.382 e. The van der Waals surface area contributed by atoms with E-state index in [1.807, 2.05) is 0 Å². The maximum Gasteiger partial charge on any atom is 0.294 e. The number of nitrogens with zero attached hydrogens (tertiary/aromatic N) is 3. The van der Waals surface area contributed by atoms with E-state index in [-0.39, 0.29) is 34.9 Å². The molecule has 1 aromatic rings. The SMILES string of the molecule is CC1=CC(=Nc2c(N)n3n(c2=O)CCC3)C(=O)CC1=N. The van der Waals surface area contributed by atoms with Crippen molar-refractivity contribution in [3.05, 3.63) is 22.0 Å². The molecular formula is C13H15N5O2. The number of Topliss-reactive ketones (excluding diaryl/α,β-unsaturated/α-hetero) is 1. The van der Waals surface area contributed by atoms with Crippen LogP contribution in [0.4, 0.5) is 11.5 Å². The van der Waals surface area contributed by atoms with Crippen LogP contribution in [0.15, 0.2) is 21.4 Å². The van der Waals surface area contributed by atoms with Crippen molar-refractivity contribution in [1.29, 1.82) is 5.41 Å². The Labute approximate surface area is 114 Å². The van der Waals surface area contributed by atoms with Crippen LogP contribution in [0.1, 0.15) is 19.8 Å². The fourth-order valence-electron chi connectivity index (χ4n) is 2.51. The van der Waals surface area contributed by atoms with Gasteiger partial charge in [0.15, 0.2) is 17.3 Å². The summed E-state index contributed by atoms with van der Waals surface area (Å²) in [6, 6.07) is 0. The number of carbonyl (C=O) groups excluding carboxylic acids is 1. The van der Waals surface area contributed by atoms with Crippen LogP contribution in [0.25, 0.3) is 0 Å². The molecule has 0 unspecified atom stereocenters. The molecule has 0 spiro atoms. The van der Waals surface area contributed by atoms with Crippen molar-refractivity contribution < 1.29 is 4.79 Å². The van der Waals surface area contributed by atoms with E-state index in [1.165, 1.54) is 0 Å². The molecule has 7 nitrogen and oxygen atoms in total. The third-order valence-corrected chi connectivity index (χ3v) is 3.67. The fourth-order valence-corrected chi connectivity index (χ4v) is 2.51. The molecule has 2 aliphatic rings. The molecule has 0 aromatic carbocycles. The maximum atomic E-state index is 12.2. The van der Waals surface area contributed by atoms with Gasteiger partial charge in [-0.3, -0.25) is 14.3 Å². The first-order chi connectivity index (χ1) is 9.49. The summed E-state index contributed by atoms with van der Waals surface area (Å²) < 4.78 is 3.26. The van der Waals surface area contributed by atoms with Gasteiger partial charge in [0.25, 0.3) is 5.56 Å². The normalized spacial score (nSPS) is 20.4. The number of fused-ring (bicyclic) bond motifs is 1. The summed E-state index contributed by atoms with van der Waals surface area (Å²) in [5.74, 6) is 0.0512. The largest absolute Gasteiger partial charge is 0.382 e. The molecule has 104 valence electrons. The highest BCUT2D eigenvalue weighted by atomic mass is 16.1. The van der Waals surface area contributed by atoms with Crippen molar-refractivity contribution in [1.82, 2.24) is 9.36 Å². The number of hydrogen-bond acceptors (Lipinski definition) is 5. The summed E-state index contributed by atoms with van der Waals surface area (Å²) in [6.45, 7) is 3.07. The van der Waals surface area contributed by atoms with Gasteiger partial charge < -0.3 is 11.1 Å². The van der Waals surface area contributed by atoms with Crippen LogP contribution in [0.5, 0.6) is 0 Å². The zero-order valence-electron chi connectivity index (χ0n) is 11.1. The number of carbonyl (C=O) groups is 1. The summed E-state index contributed by atoms with van der Waals surface area (Å²) in [5.41, 5.74) is 6.99. The van der Waals surface area contributed by atoms with E-state index >= 15 is 0 Å². The molecule has 0 radical (unpaired) electrons. The van der Waals surface area contributed by atoms with E-state index in [4.69, 9.17) is 11.1 Å². The van der Waals surface area contributed by atoms with Crippen LogP contribution < -0.4 is 11.3 Å². The van der Waals surface area contributed by atoms with Crippen molar-refractivity contribution in [3.63, 3.8) is 0 Å². The molecule has 0 atom stereocenters. The van der Waals surface area contributed by atoms with Crippen molar-refractivity contribution in [2.45, 2.75) is 32.9 Å². The van der Waals surface area contributed by atoms with Gasteiger partial charge in [0.05, 0.1) is 6.42 Å². The Kier molecular flexibility index (Phi) is 2.70. The van der Waals surface area contributed by atoms with Crippen LogP contribution in [-0.2, 0) is 17.9 Å². The van der Waals surface area contributed by atoms with Gasteiger partial charge in [-0.1, -0.05) is 0 Å². The van der Waals surface area contributed by atoms with Gasteiger partial charge in [0.2, 0.25) is 0 Å². The third-order valence-electron chi connectivity index (χ3n) is 3.67. The van der Waals surface area contributed by atoms with Gasteiger partial charge in [-0.05, 0) is 25.0 Å². The van der Waals surface area contributed by atoms with E-state index in [2.05, 4.69) is 4.99 Å². The molecule has 3 N–H and O–H groups in total. The lowest BCUT2D eigenvalue weighted by Crippen LogP contribution is -2.23. The number of allylic oxidation sites excluding steroid dienone is 2. The molecule has 20 heavy (non-hydrogen) atoms. The lowest BCUT2D eigenvalue weighted by atomic mass is 9.96. The number of ketones is 1. The minimum absolute atomic E-state index is 0.0238. The molecule has 1 aromatic heterocycles. The van der Waals surface area contributed by atoms with Gasteiger partial charge in [-0.25, -0.2) is 9.67 Å². The molecule has 3 rings (SSSR count). The van der Waals surface area contributed by atoms with Gasteiger partial charge in [-0.2, -0.15) is 0 Å². The van der Waals surface area contributed by atoms with Gasteiger partial charge in [-0.15, -0.1) is 0 Å². The quantitative estimate of drug-likeness (QED) is 0.784. The standard InChI is InChI=1S/C13H15N5O2/c1-7-5-9(10(19)6-8(7)14)16-11-12(15)17-3-2-4-18(17)13(11)20/h5,14H,2-4,6,15H2,1H3. The smallest absolute Gasteiger partial charge is 0.294 e. The Balaban J connectivity index is 2.12. The second-order valence-electron chi connectivity index (χ2n) is 5.04. The molecule has 1 aliphatic carbocycles.